The molecule has 16 rings (SSSR count). The van der Waals surface area contributed by atoms with E-state index in [1.807, 2.05) is 0 Å². The fourth-order valence-electron chi connectivity index (χ4n) is 13.8. The smallest absolute Gasteiger partial charge is 0.132 e. The molecule has 12 aromatic rings. The molecule has 0 saturated heterocycles. The number of hydrogen-bond donors (Lipinski definition) is 0. The molecule has 4 aliphatic rings. The van der Waals surface area contributed by atoms with Gasteiger partial charge in [-0.05, 0) is 127 Å². The van der Waals surface area contributed by atoms with Gasteiger partial charge in [-0.1, -0.05) is 231 Å². The van der Waals surface area contributed by atoms with Gasteiger partial charge in [-0.3, -0.25) is 0 Å². The molecule has 2 spiro atoms. The molecule has 3 heteroatoms. The Bertz CT molecular complexity index is 4270. The second-order valence-corrected chi connectivity index (χ2v) is 20.6. The minimum atomic E-state index is -0.592. The lowest BCUT2D eigenvalue weighted by molar-refractivity contribution is 0.436. The van der Waals surface area contributed by atoms with E-state index in [0.29, 0.717) is 0 Å². The molecular formula is C74H47NO2. The zero-order valence-electron chi connectivity index (χ0n) is 41.9. The summed E-state index contributed by atoms with van der Waals surface area (Å²) in [5.41, 5.74) is 23.6. The van der Waals surface area contributed by atoms with Crippen molar-refractivity contribution in [2.75, 3.05) is 4.90 Å². The molecule has 2 aliphatic carbocycles. The van der Waals surface area contributed by atoms with Crippen molar-refractivity contribution >= 4 is 17.1 Å². The largest absolute Gasteiger partial charge is 0.457 e. The molecule has 0 amide bonds. The van der Waals surface area contributed by atoms with Crippen LogP contribution < -0.4 is 14.4 Å². The third-order valence-corrected chi connectivity index (χ3v) is 16.8. The van der Waals surface area contributed by atoms with Gasteiger partial charge in [0.1, 0.15) is 23.0 Å². The summed E-state index contributed by atoms with van der Waals surface area (Å²) in [6, 6.07) is 104. The van der Waals surface area contributed by atoms with E-state index in [1.165, 1.54) is 66.8 Å². The molecule has 360 valence electrons. The second kappa shape index (κ2) is 16.8. The highest BCUT2D eigenvalue weighted by Gasteiger charge is 2.53. The molecule has 0 fully saturated rings. The van der Waals surface area contributed by atoms with Gasteiger partial charge in [0.2, 0.25) is 0 Å². The topological polar surface area (TPSA) is 21.7 Å². The summed E-state index contributed by atoms with van der Waals surface area (Å²) < 4.78 is 13.4. The van der Waals surface area contributed by atoms with Crippen molar-refractivity contribution in [1.82, 2.24) is 0 Å². The van der Waals surface area contributed by atoms with Crippen LogP contribution >= 0.6 is 0 Å². The molecule has 0 bridgehead atoms. The zero-order valence-corrected chi connectivity index (χ0v) is 41.9. The van der Waals surface area contributed by atoms with Gasteiger partial charge in [0.25, 0.3) is 0 Å². The minimum Gasteiger partial charge on any atom is -0.457 e. The molecule has 2 aliphatic heterocycles. The van der Waals surface area contributed by atoms with Crippen molar-refractivity contribution in [2.45, 2.75) is 10.8 Å². The Morgan fingerprint density at radius 1 is 0.234 bits per heavy atom. The van der Waals surface area contributed by atoms with Crippen LogP contribution in [0.25, 0.3) is 55.6 Å². The summed E-state index contributed by atoms with van der Waals surface area (Å²) in [5.74, 6) is 3.54. The van der Waals surface area contributed by atoms with Gasteiger partial charge < -0.3 is 14.4 Å². The Kier molecular flexibility index (Phi) is 9.47. The molecule has 3 nitrogen and oxygen atoms in total. The molecular weight excluding hydrogens is 935 g/mol. The van der Waals surface area contributed by atoms with E-state index in [1.54, 1.807) is 0 Å². The Balaban J connectivity index is 0.914. The number of para-hydroxylation sites is 5. The standard InChI is InChI=1S/C74H47NO2/c1-2-21-48(22-3-1)49-43-45-51(46-44-49)75(52-24-18-23-50(47-52)53-28-19-36-64-71(53)56-26-4-7-30-58(56)73(64)60-32-9-14-39-67(60)76-68-40-15-10-33-61(68)73)66-38-13-6-25-54(66)55-29-20-37-65-72(55)57-27-5-8-31-59(57)74(65)62-34-11-16-41-69(62)77-70-42-17-12-35-63(70)74/h1-47H. The van der Waals surface area contributed by atoms with E-state index >= 15 is 0 Å². The summed E-state index contributed by atoms with van der Waals surface area (Å²) in [6.45, 7) is 0. The van der Waals surface area contributed by atoms with Crippen LogP contribution in [-0.4, -0.2) is 0 Å². The molecule has 0 saturated carbocycles. The highest BCUT2D eigenvalue weighted by Crippen LogP contribution is 2.65. The maximum absolute atomic E-state index is 6.72. The molecule has 12 aromatic carbocycles. The number of rotatable bonds is 6. The predicted molar refractivity (Wildman–Crippen MR) is 312 cm³/mol. The maximum Gasteiger partial charge on any atom is 0.132 e. The van der Waals surface area contributed by atoms with Gasteiger partial charge in [0, 0.05) is 39.2 Å². The molecule has 0 aromatic heterocycles. The van der Waals surface area contributed by atoms with Crippen LogP contribution in [0.5, 0.6) is 23.0 Å². The van der Waals surface area contributed by atoms with Crippen LogP contribution in [0.3, 0.4) is 0 Å². The summed E-state index contributed by atoms with van der Waals surface area (Å²) >= 11 is 0. The number of ether oxygens (including phenoxy) is 2. The summed E-state index contributed by atoms with van der Waals surface area (Å²) in [5, 5.41) is 0. The van der Waals surface area contributed by atoms with E-state index < -0.39 is 10.8 Å². The average molecular weight is 982 g/mol. The van der Waals surface area contributed by atoms with Crippen molar-refractivity contribution in [3.63, 3.8) is 0 Å². The summed E-state index contributed by atoms with van der Waals surface area (Å²) in [6.07, 6.45) is 0. The second-order valence-electron chi connectivity index (χ2n) is 20.6. The summed E-state index contributed by atoms with van der Waals surface area (Å²) in [7, 11) is 0. The van der Waals surface area contributed by atoms with Crippen LogP contribution in [-0.2, 0) is 10.8 Å². The fraction of sp³-hybridized carbons (Fsp3) is 0.0270. The molecule has 2 heterocycles. The fourth-order valence-corrected chi connectivity index (χ4v) is 13.8. The first-order valence-corrected chi connectivity index (χ1v) is 26.6. The zero-order chi connectivity index (χ0) is 50.7. The van der Waals surface area contributed by atoms with Crippen LogP contribution in [0, 0.1) is 0 Å². The molecule has 0 N–H and O–H groups in total. The van der Waals surface area contributed by atoms with Crippen LogP contribution in [0.4, 0.5) is 17.1 Å². The lowest BCUT2D eigenvalue weighted by Gasteiger charge is -2.39. The van der Waals surface area contributed by atoms with Gasteiger partial charge in [-0.25, -0.2) is 0 Å². The Labute approximate surface area is 448 Å². The maximum atomic E-state index is 6.72. The third-order valence-electron chi connectivity index (χ3n) is 16.8. The predicted octanol–water partition coefficient (Wildman–Crippen LogP) is 19.1. The number of nitrogens with zero attached hydrogens (tertiary/aromatic N) is 1. The molecule has 0 unspecified atom stereocenters. The monoisotopic (exact) mass is 981 g/mol. The minimum absolute atomic E-state index is 0.571. The van der Waals surface area contributed by atoms with Crippen molar-refractivity contribution in [1.29, 1.82) is 0 Å². The Morgan fingerprint density at radius 3 is 1.16 bits per heavy atom. The van der Waals surface area contributed by atoms with Crippen molar-refractivity contribution < 1.29 is 9.47 Å². The summed E-state index contributed by atoms with van der Waals surface area (Å²) in [4.78, 5) is 2.46. The van der Waals surface area contributed by atoms with E-state index in [9.17, 15) is 0 Å². The van der Waals surface area contributed by atoms with Gasteiger partial charge >= 0.3 is 0 Å². The lowest BCUT2D eigenvalue weighted by Crippen LogP contribution is -2.32. The van der Waals surface area contributed by atoms with Crippen LogP contribution in [0.2, 0.25) is 0 Å². The van der Waals surface area contributed by atoms with Crippen LogP contribution in [0.1, 0.15) is 44.5 Å². The Hall–Kier alpha value is -9.96. The Morgan fingerprint density at radius 2 is 0.610 bits per heavy atom. The van der Waals surface area contributed by atoms with E-state index in [4.69, 9.17) is 9.47 Å². The van der Waals surface area contributed by atoms with Crippen molar-refractivity contribution in [2.24, 2.45) is 0 Å². The van der Waals surface area contributed by atoms with E-state index in [-0.39, 0.29) is 0 Å². The highest BCUT2D eigenvalue weighted by molar-refractivity contribution is 6.02. The van der Waals surface area contributed by atoms with Crippen molar-refractivity contribution in [3.8, 4) is 78.6 Å². The number of hydrogen-bond acceptors (Lipinski definition) is 3. The van der Waals surface area contributed by atoms with Gasteiger partial charge in [0.15, 0.2) is 0 Å². The first-order chi connectivity index (χ1) is 38.2. The average Bonchev–Trinajstić information content (AvgIpc) is 4.20. The van der Waals surface area contributed by atoms with Gasteiger partial charge in [0.05, 0.1) is 16.5 Å². The normalized spacial score (nSPS) is 13.9. The molecule has 0 radical (unpaired) electrons. The first-order valence-electron chi connectivity index (χ1n) is 26.6. The number of benzene rings is 12. The SMILES string of the molecule is c1ccc(-c2ccc(N(c3cccc(-c4cccc5c4-c4ccccc4C54c5ccccc5Oc5ccccc54)c3)c3ccccc3-c3cccc4c3-c3ccccc3C43c4ccccc4Oc4ccccc43)cc2)cc1. The first kappa shape index (κ1) is 43.4. The van der Waals surface area contributed by atoms with E-state index in [2.05, 4.69) is 290 Å². The number of fused-ring (bicyclic) bond motifs is 18. The van der Waals surface area contributed by atoms with Gasteiger partial charge in [-0.2, -0.15) is 0 Å². The number of anilines is 3. The highest BCUT2D eigenvalue weighted by atomic mass is 16.5. The van der Waals surface area contributed by atoms with E-state index in [0.717, 1.165) is 73.4 Å². The molecule has 0 atom stereocenters. The van der Waals surface area contributed by atoms with Crippen LogP contribution in [0.15, 0.2) is 285 Å². The molecule has 77 heavy (non-hydrogen) atoms. The quantitative estimate of drug-likeness (QED) is 0.166. The third kappa shape index (κ3) is 6.08. The lowest BCUT2D eigenvalue weighted by atomic mass is 9.66. The van der Waals surface area contributed by atoms with Gasteiger partial charge in [-0.15, -0.1) is 0 Å². The van der Waals surface area contributed by atoms with Crippen molar-refractivity contribution in [3.05, 3.63) is 330 Å².